The molecule has 30 heavy (non-hydrogen) atoms. The molecule has 7 heteroatoms. The number of imide groups is 1. The molecule has 3 amide bonds. The van der Waals surface area contributed by atoms with Crippen molar-refractivity contribution in [2.45, 2.75) is 44.7 Å². The fourth-order valence-corrected chi connectivity index (χ4v) is 3.97. The highest BCUT2D eigenvalue weighted by molar-refractivity contribution is 6.09. The third kappa shape index (κ3) is 3.75. The Hall–Kier alpha value is -3.35. The van der Waals surface area contributed by atoms with Gasteiger partial charge < -0.3 is 15.2 Å². The van der Waals surface area contributed by atoms with E-state index >= 15 is 0 Å². The second-order valence-corrected chi connectivity index (χ2v) is 7.43. The minimum absolute atomic E-state index is 0.139. The van der Waals surface area contributed by atoms with Crippen molar-refractivity contribution in [1.29, 1.82) is 0 Å². The van der Waals surface area contributed by atoms with E-state index in [0.29, 0.717) is 24.2 Å². The van der Waals surface area contributed by atoms with Crippen molar-refractivity contribution in [2.24, 2.45) is 0 Å². The molecule has 1 saturated heterocycles. The molecule has 2 unspecified atom stereocenters. The van der Waals surface area contributed by atoms with Crippen LogP contribution in [0.3, 0.4) is 0 Å². The van der Waals surface area contributed by atoms with E-state index in [9.17, 15) is 19.5 Å². The number of hydrogen-bond donors (Lipinski definition) is 2. The van der Waals surface area contributed by atoms with Crippen LogP contribution in [0.4, 0.5) is 4.79 Å². The van der Waals surface area contributed by atoms with Crippen molar-refractivity contribution in [3.8, 4) is 5.75 Å². The molecule has 7 nitrogen and oxygen atoms in total. The summed E-state index contributed by atoms with van der Waals surface area (Å²) in [5.74, 6) is -1.07. The van der Waals surface area contributed by atoms with Crippen LogP contribution in [-0.4, -0.2) is 41.1 Å². The number of carboxylic acids is 1. The number of nitrogens with zero attached hydrogens (tertiary/aromatic N) is 1. The van der Waals surface area contributed by atoms with E-state index in [4.69, 9.17) is 4.74 Å². The van der Waals surface area contributed by atoms with Gasteiger partial charge in [0, 0.05) is 0 Å². The van der Waals surface area contributed by atoms with Gasteiger partial charge in [-0.1, -0.05) is 43.3 Å². The van der Waals surface area contributed by atoms with Crippen LogP contribution in [-0.2, 0) is 21.5 Å². The minimum Gasteiger partial charge on any atom is -0.496 e. The van der Waals surface area contributed by atoms with E-state index < -0.39 is 29.5 Å². The monoisotopic (exact) mass is 410 g/mol. The highest BCUT2D eigenvalue weighted by atomic mass is 16.5. The summed E-state index contributed by atoms with van der Waals surface area (Å²) in [7, 11) is 1.56. The van der Waals surface area contributed by atoms with Gasteiger partial charge in [-0.15, -0.1) is 0 Å². The van der Waals surface area contributed by atoms with Crippen LogP contribution >= 0.6 is 0 Å². The van der Waals surface area contributed by atoms with Crippen LogP contribution in [0.5, 0.6) is 5.75 Å². The van der Waals surface area contributed by atoms with Gasteiger partial charge in [-0.3, -0.25) is 4.79 Å². The van der Waals surface area contributed by atoms with Crippen molar-refractivity contribution in [1.82, 2.24) is 10.2 Å². The molecule has 0 spiro atoms. The van der Waals surface area contributed by atoms with Crippen LogP contribution in [0.2, 0.25) is 0 Å². The van der Waals surface area contributed by atoms with E-state index in [2.05, 4.69) is 5.32 Å². The number of carbonyl (C=O) groups is 3. The van der Waals surface area contributed by atoms with Crippen LogP contribution in [0, 0.1) is 6.92 Å². The smallest absolute Gasteiger partial charge is 0.327 e. The van der Waals surface area contributed by atoms with Crippen molar-refractivity contribution in [2.75, 3.05) is 7.11 Å². The first-order valence-corrected chi connectivity index (χ1v) is 9.91. The Morgan fingerprint density at radius 1 is 1.20 bits per heavy atom. The molecule has 1 fully saturated rings. The van der Waals surface area contributed by atoms with E-state index in [1.165, 1.54) is 0 Å². The predicted molar refractivity (Wildman–Crippen MR) is 111 cm³/mol. The average Bonchev–Trinajstić information content (AvgIpc) is 3.00. The van der Waals surface area contributed by atoms with Crippen molar-refractivity contribution < 1.29 is 24.2 Å². The number of aliphatic carboxylic acids is 1. The summed E-state index contributed by atoms with van der Waals surface area (Å²) in [5, 5.41) is 12.5. The molecule has 2 atom stereocenters. The Morgan fingerprint density at radius 2 is 1.90 bits per heavy atom. The first kappa shape index (κ1) is 21.4. The number of hydrogen-bond acceptors (Lipinski definition) is 4. The summed E-state index contributed by atoms with van der Waals surface area (Å²) in [6.45, 7) is 3.64. The number of amides is 3. The number of methoxy groups -OCH3 is 1. The molecule has 2 N–H and O–H groups in total. The van der Waals surface area contributed by atoms with Gasteiger partial charge in [0.05, 0.1) is 7.11 Å². The highest BCUT2D eigenvalue weighted by Gasteiger charge is 2.54. The molecule has 2 aromatic carbocycles. The number of carboxylic acid groups (broad SMARTS) is 1. The van der Waals surface area contributed by atoms with Crippen LogP contribution in [0.1, 0.15) is 36.5 Å². The third-order valence-corrected chi connectivity index (χ3v) is 5.69. The van der Waals surface area contributed by atoms with E-state index in [-0.39, 0.29) is 6.42 Å². The van der Waals surface area contributed by atoms with Gasteiger partial charge in [0.25, 0.3) is 5.91 Å². The standard InChI is InChI=1S/C23H26N2O5/c1-4-23(17-11-13-19(30-3)15(2)14-17)21(28)25(22(29)24-23)18(20(26)27)12-10-16-8-6-5-7-9-16/h5-9,11,13-14,18H,4,10,12H2,1-3H3,(H,24,29)(H,26,27). The Kier molecular flexibility index (Phi) is 6.10. The number of nitrogens with one attached hydrogen (secondary N) is 1. The van der Waals surface area contributed by atoms with Crippen molar-refractivity contribution >= 4 is 17.9 Å². The normalized spacial score (nSPS) is 19.5. The second-order valence-electron chi connectivity index (χ2n) is 7.43. The number of ether oxygens (including phenoxy) is 1. The molecule has 0 radical (unpaired) electrons. The quantitative estimate of drug-likeness (QED) is 0.652. The largest absolute Gasteiger partial charge is 0.496 e. The molecular weight excluding hydrogens is 384 g/mol. The molecule has 0 aliphatic carbocycles. The lowest BCUT2D eigenvalue weighted by Gasteiger charge is -2.28. The zero-order chi connectivity index (χ0) is 21.9. The topological polar surface area (TPSA) is 95.9 Å². The molecule has 0 saturated carbocycles. The Bertz CT molecular complexity index is 959. The molecule has 158 valence electrons. The number of urea groups is 1. The number of aryl methyl sites for hydroxylation is 2. The molecule has 1 aliphatic rings. The lowest BCUT2D eigenvalue weighted by atomic mass is 9.86. The van der Waals surface area contributed by atoms with Crippen LogP contribution < -0.4 is 10.1 Å². The predicted octanol–water partition coefficient (Wildman–Crippen LogP) is 3.25. The highest BCUT2D eigenvalue weighted by Crippen LogP contribution is 2.36. The SMILES string of the molecule is CCC1(c2ccc(OC)c(C)c2)NC(=O)N(C(CCc2ccccc2)C(=O)O)C1=O. The molecule has 0 bridgehead atoms. The Balaban J connectivity index is 1.92. The summed E-state index contributed by atoms with van der Waals surface area (Å²) < 4.78 is 5.28. The first-order chi connectivity index (χ1) is 14.3. The van der Waals surface area contributed by atoms with Crippen LogP contribution in [0.15, 0.2) is 48.5 Å². The van der Waals surface area contributed by atoms with E-state index in [1.807, 2.05) is 37.3 Å². The third-order valence-electron chi connectivity index (χ3n) is 5.69. The van der Waals surface area contributed by atoms with E-state index in [1.54, 1.807) is 32.2 Å². The van der Waals surface area contributed by atoms with Gasteiger partial charge in [-0.25, -0.2) is 14.5 Å². The summed E-state index contributed by atoms with van der Waals surface area (Å²) in [6.07, 6.45) is 0.875. The zero-order valence-electron chi connectivity index (χ0n) is 17.3. The van der Waals surface area contributed by atoms with Crippen molar-refractivity contribution in [3.05, 3.63) is 65.2 Å². The van der Waals surface area contributed by atoms with Gasteiger partial charge in [0.15, 0.2) is 0 Å². The van der Waals surface area contributed by atoms with Crippen LogP contribution in [0.25, 0.3) is 0 Å². The lowest BCUT2D eigenvalue weighted by Crippen LogP contribution is -2.47. The fourth-order valence-electron chi connectivity index (χ4n) is 3.97. The average molecular weight is 410 g/mol. The molecular formula is C23H26N2O5. The maximum atomic E-state index is 13.4. The van der Waals surface area contributed by atoms with Gasteiger partial charge in [-0.2, -0.15) is 0 Å². The second kappa shape index (κ2) is 8.57. The van der Waals surface area contributed by atoms with E-state index in [0.717, 1.165) is 16.0 Å². The number of carbonyl (C=O) groups excluding carboxylic acids is 2. The molecule has 1 heterocycles. The Morgan fingerprint density at radius 3 is 2.47 bits per heavy atom. The van der Waals surface area contributed by atoms with Gasteiger partial charge in [-0.05, 0) is 55.0 Å². The number of benzene rings is 2. The summed E-state index contributed by atoms with van der Waals surface area (Å²) in [5.41, 5.74) is 1.08. The maximum Gasteiger partial charge on any atom is 0.327 e. The van der Waals surface area contributed by atoms with Gasteiger partial charge >= 0.3 is 12.0 Å². The van der Waals surface area contributed by atoms with Gasteiger partial charge in [0.1, 0.15) is 17.3 Å². The summed E-state index contributed by atoms with van der Waals surface area (Å²) in [4.78, 5) is 39.1. The minimum atomic E-state index is -1.30. The number of rotatable bonds is 8. The first-order valence-electron chi connectivity index (χ1n) is 9.91. The molecule has 3 rings (SSSR count). The van der Waals surface area contributed by atoms with Gasteiger partial charge in [0.2, 0.25) is 0 Å². The fraction of sp³-hybridized carbons (Fsp3) is 0.348. The maximum absolute atomic E-state index is 13.4. The van der Waals surface area contributed by atoms with Crippen molar-refractivity contribution in [3.63, 3.8) is 0 Å². The Labute approximate surface area is 175 Å². The lowest BCUT2D eigenvalue weighted by molar-refractivity contribution is -0.148. The summed E-state index contributed by atoms with van der Waals surface area (Å²) >= 11 is 0. The summed E-state index contributed by atoms with van der Waals surface area (Å²) in [6, 6.07) is 12.7. The molecule has 2 aromatic rings. The zero-order valence-corrected chi connectivity index (χ0v) is 17.3. The molecule has 1 aliphatic heterocycles. The molecule has 0 aromatic heterocycles.